The number of hydrogen-bond acceptors (Lipinski definition) is 3. The fraction of sp³-hybridized carbons (Fsp3) is 0.455. The maximum Gasteiger partial charge on any atom is 0.141 e. The number of nitrogens with zero attached hydrogens (tertiary/aromatic N) is 1. The van der Waals surface area contributed by atoms with E-state index in [9.17, 15) is 5.11 Å². The smallest absolute Gasteiger partial charge is 0.141 e. The predicted molar refractivity (Wildman–Crippen MR) is 56.3 cm³/mol. The molecule has 0 heterocycles. The summed E-state index contributed by atoms with van der Waals surface area (Å²) in [5, 5.41) is 10.2. The van der Waals surface area contributed by atoms with Gasteiger partial charge in [0.2, 0.25) is 0 Å². The summed E-state index contributed by atoms with van der Waals surface area (Å²) in [7, 11) is 5.28. The first-order chi connectivity index (χ1) is 6.48. The van der Waals surface area contributed by atoms with E-state index in [4.69, 9.17) is 4.74 Å². The zero-order chi connectivity index (χ0) is 10.8. The standard InChI is InChI=1S/C11H17NO2/c1-11(13,12(2)3)9-6-5-7-10(8-9)14-4/h5-8,13H,1-4H3. The van der Waals surface area contributed by atoms with E-state index in [1.807, 2.05) is 38.4 Å². The van der Waals surface area contributed by atoms with E-state index in [1.165, 1.54) is 0 Å². The van der Waals surface area contributed by atoms with Crippen molar-refractivity contribution in [2.45, 2.75) is 12.6 Å². The van der Waals surface area contributed by atoms with Gasteiger partial charge in [0.25, 0.3) is 0 Å². The number of aliphatic hydroxyl groups is 1. The van der Waals surface area contributed by atoms with E-state index in [0.717, 1.165) is 11.3 Å². The summed E-state index contributed by atoms with van der Waals surface area (Å²) >= 11 is 0. The first-order valence-corrected chi connectivity index (χ1v) is 4.53. The fourth-order valence-corrected chi connectivity index (χ4v) is 1.18. The van der Waals surface area contributed by atoms with Crippen molar-refractivity contribution in [3.8, 4) is 5.75 Å². The van der Waals surface area contributed by atoms with Crippen LogP contribution in [0.3, 0.4) is 0 Å². The second-order valence-electron chi connectivity index (χ2n) is 3.65. The third-order valence-electron chi connectivity index (χ3n) is 2.49. The van der Waals surface area contributed by atoms with Crippen LogP contribution >= 0.6 is 0 Å². The van der Waals surface area contributed by atoms with Gasteiger partial charge in [0.1, 0.15) is 11.5 Å². The third-order valence-corrected chi connectivity index (χ3v) is 2.49. The lowest BCUT2D eigenvalue weighted by atomic mass is 10.0. The van der Waals surface area contributed by atoms with Gasteiger partial charge in [0.05, 0.1) is 7.11 Å². The second kappa shape index (κ2) is 3.98. The van der Waals surface area contributed by atoms with Crippen LogP contribution in [0.1, 0.15) is 12.5 Å². The molecule has 3 heteroatoms. The Morgan fingerprint density at radius 3 is 2.50 bits per heavy atom. The summed E-state index contributed by atoms with van der Waals surface area (Å²) in [6, 6.07) is 7.43. The molecule has 1 N–H and O–H groups in total. The van der Waals surface area contributed by atoms with Gasteiger partial charge in [-0.25, -0.2) is 0 Å². The van der Waals surface area contributed by atoms with Gasteiger partial charge in [-0.15, -0.1) is 0 Å². The summed E-state index contributed by atoms with van der Waals surface area (Å²) in [6.45, 7) is 1.75. The Morgan fingerprint density at radius 1 is 1.36 bits per heavy atom. The van der Waals surface area contributed by atoms with E-state index < -0.39 is 5.72 Å². The molecule has 0 saturated carbocycles. The molecule has 14 heavy (non-hydrogen) atoms. The van der Waals surface area contributed by atoms with Crippen LogP contribution in [0.2, 0.25) is 0 Å². The quantitative estimate of drug-likeness (QED) is 0.740. The molecule has 1 unspecified atom stereocenters. The molecule has 0 radical (unpaired) electrons. The van der Waals surface area contributed by atoms with Crippen LogP contribution in [0.5, 0.6) is 5.75 Å². The highest BCUT2D eigenvalue weighted by molar-refractivity contribution is 5.31. The van der Waals surface area contributed by atoms with Crippen LogP contribution in [0.15, 0.2) is 24.3 Å². The van der Waals surface area contributed by atoms with Crippen LogP contribution in [0.25, 0.3) is 0 Å². The highest BCUT2D eigenvalue weighted by atomic mass is 16.5. The topological polar surface area (TPSA) is 32.7 Å². The predicted octanol–water partition coefficient (Wildman–Crippen LogP) is 1.42. The van der Waals surface area contributed by atoms with Gasteiger partial charge in [-0.1, -0.05) is 12.1 Å². The average molecular weight is 195 g/mol. The number of ether oxygens (including phenoxy) is 1. The van der Waals surface area contributed by atoms with Crippen LogP contribution in [0, 0.1) is 0 Å². The first kappa shape index (κ1) is 11.0. The molecule has 0 aliphatic carbocycles. The summed E-state index contributed by atoms with van der Waals surface area (Å²) in [5.74, 6) is 0.754. The minimum Gasteiger partial charge on any atom is -0.497 e. The van der Waals surface area contributed by atoms with Gasteiger partial charge in [-0.3, -0.25) is 4.90 Å². The van der Waals surface area contributed by atoms with Crippen molar-refractivity contribution in [3.05, 3.63) is 29.8 Å². The Bertz CT molecular complexity index is 308. The lowest BCUT2D eigenvalue weighted by Crippen LogP contribution is -2.38. The molecule has 0 bridgehead atoms. The van der Waals surface area contributed by atoms with E-state index in [0.29, 0.717) is 0 Å². The lowest BCUT2D eigenvalue weighted by Gasteiger charge is -2.31. The summed E-state index contributed by atoms with van der Waals surface area (Å²) < 4.78 is 5.10. The normalized spacial score (nSPS) is 15.3. The van der Waals surface area contributed by atoms with Crippen LogP contribution < -0.4 is 4.74 Å². The van der Waals surface area contributed by atoms with Crippen LogP contribution in [0.4, 0.5) is 0 Å². The SMILES string of the molecule is COc1cccc(C(C)(O)N(C)C)c1. The Hall–Kier alpha value is -1.06. The molecule has 1 atom stereocenters. The summed E-state index contributed by atoms with van der Waals surface area (Å²) in [5.41, 5.74) is -0.143. The second-order valence-corrected chi connectivity index (χ2v) is 3.65. The van der Waals surface area contributed by atoms with Crippen molar-refractivity contribution < 1.29 is 9.84 Å². The van der Waals surface area contributed by atoms with Crippen molar-refractivity contribution in [3.63, 3.8) is 0 Å². The minimum absolute atomic E-state index is 0.754. The van der Waals surface area contributed by atoms with Crippen molar-refractivity contribution in [1.82, 2.24) is 4.90 Å². The van der Waals surface area contributed by atoms with Gasteiger partial charge < -0.3 is 9.84 Å². The van der Waals surface area contributed by atoms with Gasteiger partial charge in [-0.2, -0.15) is 0 Å². The molecule has 0 fully saturated rings. The average Bonchev–Trinajstić information content (AvgIpc) is 2.17. The first-order valence-electron chi connectivity index (χ1n) is 4.53. The van der Waals surface area contributed by atoms with Crippen molar-refractivity contribution in [1.29, 1.82) is 0 Å². The maximum atomic E-state index is 10.2. The molecular weight excluding hydrogens is 178 g/mol. The number of benzene rings is 1. The van der Waals surface area contributed by atoms with Crippen molar-refractivity contribution in [2.75, 3.05) is 21.2 Å². The zero-order valence-corrected chi connectivity index (χ0v) is 9.11. The molecule has 0 aliphatic rings. The molecular formula is C11H17NO2. The lowest BCUT2D eigenvalue weighted by molar-refractivity contribution is -0.0721. The van der Waals surface area contributed by atoms with Crippen molar-refractivity contribution >= 4 is 0 Å². The highest BCUT2D eigenvalue weighted by Gasteiger charge is 2.25. The van der Waals surface area contributed by atoms with E-state index in [-0.39, 0.29) is 0 Å². The molecule has 78 valence electrons. The molecule has 1 aromatic carbocycles. The van der Waals surface area contributed by atoms with E-state index in [2.05, 4.69) is 0 Å². The summed E-state index contributed by atoms with van der Waals surface area (Å²) in [6.07, 6.45) is 0. The van der Waals surface area contributed by atoms with Crippen LogP contribution in [-0.2, 0) is 5.72 Å². The van der Waals surface area contributed by atoms with Gasteiger partial charge in [0, 0.05) is 5.56 Å². The summed E-state index contributed by atoms with van der Waals surface area (Å²) in [4.78, 5) is 1.75. The Kier molecular flexibility index (Phi) is 3.13. The van der Waals surface area contributed by atoms with Crippen LogP contribution in [-0.4, -0.2) is 31.2 Å². The van der Waals surface area contributed by atoms with Gasteiger partial charge in [-0.05, 0) is 33.2 Å². The molecule has 0 amide bonds. The van der Waals surface area contributed by atoms with Gasteiger partial charge >= 0.3 is 0 Å². The highest BCUT2D eigenvalue weighted by Crippen LogP contribution is 2.25. The molecule has 0 aliphatic heterocycles. The third kappa shape index (κ3) is 2.05. The van der Waals surface area contributed by atoms with Gasteiger partial charge in [0.15, 0.2) is 0 Å². The zero-order valence-electron chi connectivity index (χ0n) is 9.11. The number of methoxy groups -OCH3 is 1. The molecule has 1 rings (SSSR count). The largest absolute Gasteiger partial charge is 0.497 e. The molecule has 1 aromatic rings. The molecule has 3 nitrogen and oxygen atoms in total. The molecule has 0 aromatic heterocycles. The Labute approximate surface area is 84.9 Å². The Morgan fingerprint density at radius 2 is 2.00 bits per heavy atom. The monoisotopic (exact) mass is 195 g/mol. The van der Waals surface area contributed by atoms with E-state index in [1.54, 1.807) is 18.9 Å². The Balaban J connectivity index is 3.06. The maximum absolute atomic E-state index is 10.2. The fourth-order valence-electron chi connectivity index (χ4n) is 1.18. The number of hydrogen-bond donors (Lipinski definition) is 1. The molecule has 0 spiro atoms. The van der Waals surface area contributed by atoms with Crippen molar-refractivity contribution in [2.24, 2.45) is 0 Å². The minimum atomic E-state index is -0.964. The number of rotatable bonds is 3. The van der Waals surface area contributed by atoms with E-state index >= 15 is 0 Å². The molecule has 0 saturated heterocycles.